The largest absolute Gasteiger partial charge is 0.356 e. The van der Waals surface area contributed by atoms with Crippen molar-refractivity contribution in [3.8, 4) is 0 Å². The first-order valence-corrected chi connectivity index (χ1v) is 8.13. The van der Waals surface area contributed by atoms with E-state index in [1.54, 1.807) is 6.92 Å². The minimum Gasteiger partial charge on any atom is -0.356 e. The number of unbranched alkanes of at least 4 members (excludes halogenated alkanes) is 3. The van der Waals surface area contributed by atoms with E-state index in [9.17, 15) is 9.59 Å². The number of amides is 2. The number of hydrogen-bond acceptors (Lipinski definition) is 2. The maximum absolute atomic E-state index is 11.7. The Kier molecular flexibility index (Phi) is 8.96. The lowest BCUT2D eigenvalue weighted by atomic mass is 10.1. The van der Waals surface area contributed by atoms with Gasteiger partial charge in [-0.25, -0.2) is 0 Å². The predicted molar refractivity (Wildman–Crippen MR) is 89.6 cm³/mol. The monoisotopic (exact) mass is 304 g/mol. The van der Waals surface area contributed by atoms with Crippen LogP contribution in [0.5, 0.6) is 0 Å². The summed E-state index contributed by atoms with van der Waals surface area (Å²) < 4.78 is 0. The highest BCUT2D eigenvalue weighted by molar-refractivity contribution is 5.73. The molecule has 4 heteroatoms. The van der Waals surface area contributed by atoms with E-state index in [1.165, 1.54) is 12.5 Å². The van der Waals surface area contributed by atoms with Gasteiger partial charge in [-0.1, -0.05) is 43.2 Å². The zero-order valence-electron chi connectivity index (χ0n) is 13.8. The van der Waals surface area contributed by atoms with Crippen LogP contribution in [-0.2, 0) is 16.0 Å². The van der Waals surface area contributed by atoms with Crippen LogP contribution in [0.15, 0.2) is 30.3 Å². The van der Waals surface area contributed by atoms with E-state index in [0.29, 0.717) is 0 Å². The van der Waals surface area contributed by atoms with Gasteiger partial charge in [-0.2, -0.15) is 0 Å². The highest BCUT2D eigenvalue weighted by Gasteiger charge is 2.08. The zero-order chi connectivity index (χ0) is 16.2. The molecule has 0 radical (unpaired) electrons. The molecule has 0 aromatic heterocycles. The first-order valence-electron chi connectivity index (χ1n) is 8.13. The van der Waals surface area contributed by atoms with Crippen molar-refractivity contribution in [2.24, 2.45) is 0 Å². The minimum absolute atomic E-state index is 0.0312. The molecule has 1 aromatic carbocycles. The van der Waals surface area contributed by atoms with Crippen LogP contribution in [-0.4, -0.2) is 36.3 Å². The number of benzene rings is 1. The Morgan fingerprint density at radius 2 is 1.64 bits per heavy atom. The van der Waals surface area contributed by atoms with Gasteiger partial charge in [0.25, 0.3) is 0 Å². The van der Waals surface area contributed by atoms with Crippen LogP contribution in [0.2, 0.25) is 0 Å². The van der Waals surface area contributed by atoms with E-state index in [2.05, 4.69) is 17.4 Å². The molecule has 0 unspecified atom stereocenters. The third-order valence-electron chi connectivity index (χ3n) is 3.69. The predicted octanol–water partition coefficient (Wildman–Crippen LogP) is 2.77. The van der Waals surface area contributed by atoms with Crippen LogP contribution < -0.4 is 5.32 Å². The first-order chi connectivity index (χ1) is 10.6. The van der Waals surface area contributed by atoms with Crippen LogP contribution >= 0.6 is 0 Å². The van der Waals surface area contributed by atoms with E-state index in [-0.39, 0.29) is 11.8 Å². The number of rotatable bonds is 10. The highest BCUT2D eigenvalue weighted by Crippen LogP contribution is 2.05. The molecule has 0 aliphatic carbocycles. The number of nitrogens with one attached hydrogen (secondary N) is 1. The van der Waals surface area contributed by atoms with Gasteiger partial charge in [0.15, 0.2) is 0 Å². The molecule has 0 aliphatic rings. The minimum atomic E-state index is 0.0312. The summed E-state index contributed by atoms with van der Waals surface area (Å²) in [5, 5.41) is 2.80. The summed E-state index contributed by atoms with van der Waals surface area (Å²) in [6.07, 6.45) is 5.11. The molecule has 1 N–H and O–H groups in total. The molecule has 0 fully saturated rings. The lowest BCUT2D eigenvalue weighted by Crippen LogP contribution is -2.31. The van der Waals surface area contributed by atoms with E-state index in [4.69, 9.17) is 0 Å². The summed E-state index contributed by atoms with van der Waals surface area (Å²) in [7, 11) is 0. The third kappa shape index (κ3) is 8.45. The summed E-state index contributed by atoms with van der Waals surface area (Å²) >= 11 is 0. The fourth-order valence-electron chi connectivity index (χ4n) is 2.38. The fourth-order valence-corrected chi connectivity index (χ4v) is 2.38. The zero-order valence-corrected chi connectivity index (χ0v) is 13.8. The van der Waals surface area contributed by atoms with Crippen LogP contribution in [0.25, 0.3) is 0 Å². The second kappa shape index (κ2) is 10.8. The molecule has 0 spiro atoms. The maximum Gasteiger partial charge on any atom is 0.219 e. The molecule has 0 bridgehead atoms. The van der Waals surface area contributed by atoms with Gasteiger partial charge >= 0.3 is 0 Å². The van der Waals surface area contributed by atoms with Crippen LogP contribution in [0.3, 0.4) is 0 Å². The van der Waals surface area contributed by atoms with Gasteiger partial charge in [0.2, 0.25) is 11.8 Å². The summed E-state index contributed by atoms with van der Waals surface area (Å²) in [4.78, 5) is 24.3. The standard InChI is InChI=1S/C18H28N2O2/c1-16(21)19-13-8-3-4-9-14-20(17(2)22)15-12-18-10-6-5-7-11-18/h5-7,10-11H,3-4,8-9,12-15H2,1-2H3,(H,19,21). The lowest BCUT2D eigenvalue weighted by Gasteiger charge is -2.21. The van der Waals surface area contributed by atoms with E-state index < -0.39 is 0 Å². The topological polar surface area (TPSA) is 49.4 Å². The van der Waals surface area contributed by atoms with Crippen molar-refractivity contribution in [2.75, 3.05) is 19.6 Å². The van der Waals surface area contributed by atoms with Gasteiger partial charge in [0, 0.05) is 33.5 Å². The number of hydrogen-bond donors (Lipinski definition) is 1. The van der Waals surface area contributed by atoms with Crippen molar-refractivity contribution in [1.82, 2.24) is 10.2 Å². The molecule has 4 nitrogen and oxygen atoms in total. The van der Waals surface area contributed by atoms with Gasteiger partial charge in [-0.05, 0) is 24.8 Å². The number of carbonyl (C=O) groups is 2. The Balaban J connectivity index is 2.16. The van der Waals surface area contributed by atoms with Gasteiger partial charge in [0.05, 0.1) is 0 Å². The van der Waals surface area contributed by atoms with E-state index >= 15 is 0 Å². The van der Waals surface area contributed by atoms with Crippen molar-refractivity contribution in [2.45, 2.75) is 46.0 Å². The van der Waals surface area contributed by atoms with Crippen molar-refractivity contribution >= 4 is 11.8 Å². The Bertz CT molecular complexity index is 446. The Hall–Kier alpha value is -1.84. The summed E-state index contributed by atoms with van der Waals surface area (Å²) in [6, 6.07) is 10.3. The van der Waals surface area contributed by atoms with E-state index in [1.807, 2.05) is 23.1 Å². The average Bonchev–Trinajstić information content (AvgIpc) is 2.49. The second-order valence-corrected chi connectivity index (χ2v) is 5.64. The molecular weight excluding hydrogens is 276 g/mol. The molecule has 0 saturated carbocycles. The molecule has 0 aliphatic heterocycles. The molecule has 1 rings (SSSR count). The highest BCUT2D eigenvalue weighted by atomic mass is 16.2. The smallest absolute Gasteiger partial charge is 0.219 e. The van der Waals surface area contributed by atoms with Gasteiger partial charge < -0.3 is 10.2 Å². The molecular formula is C18H28N2O2. The Labute approximate surface area is 133 Å². The quantitative estimate of drug-likeness (QED) is 0.676. The maximum atomic E-state index is 11.7. The van der Waals surface area contributed by atoms with Gasteiger partial charge in [-0.15, -0.1) is 0 Å². The molecule has 22 heavy (non-hydrogen) atoms. The van der Waals surface area contributed by atoms with Crippen LogP contribution in [0, 0.1) is 0 Å². The fraction of sp³-hybridized carbons (Fsp3) is 0.556. The summed E-state index contributed by atoms with van der Waals surface area (Å²) in [5.41, 5.74) is 1.27. The molecule has 0 atom stereocenters. The van der Waals surface area contributed by atoms with Gasteiger partial charge in [-0.3, -0.25) is 9.59 Å². The average molecular weight is 304 g/mol. The lowest BCUT2D eigenvalue weighted by molar-refractivity contribution is -0.129. The second-order valence-electron chi connectivity index (χ2n) is 5.64. The summed E-state index contributed by atoms with van der Waals surface area (Å²) in [6.45, 7) is 5.53. The first kappa shape index (κ1) is 18.2. The van der Waals surface area contributed by atoms with Crippen LogP contribution in [0.1, 0.15) is 45.1 Å². The van der Waals surface area contributed by atoms with Crippen molar-refractivity contribution in [1.29, 1.82) is 0 Å². The molecule has 0 heterocycles. The number of nitrogens with zero attached hydrogens (tertiary/aromatic N) is 1. The summed E-state index contributed by atoms with van der Waals surface area (Å²) in [5.74, 6) is 0.179. The Morgan fingerprint density at radius 3 is 2.27 bits per heavy atom. The van der Waals surface area contributed by atoms with Crippen LogP contribution in [0.4, 0.5) is 0 Å². The van der Waals surface area contributed by atoms with E-state index in [0.717, 1.165) is 51.7 Å². The SMILES string of the molecule is CC(=O)NCCCCCCN(CCc1ccccc1)C(C)=O. The van der Waals surface area contributed by atoms with Gasteiger partial charge in [0.1, 0.15) is 0 Å². The van der Waals surface area contributed by atoms with Crippen molar-refractivity contribution in [3.05, 3.63) is 35.9 Å². The molecule has 0 saturated heterocycles. The molecule has 122 valence electrons. The normalized spacial score (nSPS) is 10.3. The molecule has 2 amide bonds. The number of carbonyl (C=O) groups excluding carboxylic acids is 2. The van der Waals surface area contributed by atoms with Crippen molar-refractivity contribution in [3.63, 3.8) is 0 Å². The van der Waals surface area contributed by atoms with Crippen molar-refractivity contribution < 1.29 is 9.59 Å². The molecule has 1 aromatic rings. The third-order valence-corrected chi connectivity index (χ3v) is 3.69. The Morgan fingerprint density at radius 1 is 0.955 bits per heavy atom.